The number of imidazole rings is 1. The highest BCUT2D eigenvalue weighted by molar-refractivity contribution is 5.76. The van der Waals surface area contributed by atoms with Gasteiger partial charge < -0.3 is 31.2 Å². The van der Waals surface area contributed by atoms with Crippen molar-refractivity contribution < 1.29 is 19.1 Å². The molecule has 0 aliphatic heterocycles. The van der Waals surface area contributed by atoms with Crippen LogP contribution in [0.1, 0.15) is 34.1 Å². The Morgan fingerprint density at radius 1 is 1.09 bits per heavy atom. The SMILES string of the molecule is CC(C)C(N)C(=O)OCC(CCOC(=O)[C@@H](N)C(C)C)Cn1cnc2c(=O)[nH]c(N)nc21. The third-order valence-corrected chi connectivity index (χ3v) is 5.16. The number of fused-ring (bicyclic) bond motifs is 1. The van der Waals surface area contributed by atoms with E-state index in [0.29, 0.717) is 18.6 Å². The van der Waals surface area contributed by atoms with Crippen LogP contribution in [0.25, 0.3) is 11.2 Å². The Bertz CT molecular complexity index is 984. The minimum absolute atomic E-state index is 0.0331. The number of nitrogens with one attached hydrogen (secondary N) is 1. The van der Waals surface area contributed by atoms with Crippen LogP contribution in [-0.2, 0) is 25.6 Å². The average molecular weight is 452 g/mol. The molecule has 0 spiro atoms. The average Bonchev–Trinajstić information content (AvgIpc) is 3.12. The van der Waals surface area contributed by atoms with Gasteiger partial charge in [-0.25, -0.2) is 4.98 Å². The number of ether oxygens (including phenoxy) is 2. The van der Waals surface area contributed by atoms with Gasteiger partial charge >= 0.3 is 11.9 Å². The number of nitrogen functional groups attached to an aromatic ring is 1. The third-order valence-electron chi connectivity index (χ3n) is 5.16. The standard InChI is InChI=1S/C20H33N7O5/c1-10(2)13(21)18(29)31-6-5-12(8-32-19(30)14(22)11(3)4)7-27-9-24-15-16(27)25-20(23)26-17(15)28/h9-14H,5-8,21-22H2,1-4H3,(H3,23,25,26,28)/t12?,13-,14?/m0/s1. The van der Waals surface area contributed by atoms with Crippen molar-refractivity contribution in [3.05, 3.63) is 16.7 Å². The second-order valence-corrected chi connectivity index (χ2v) is 8.51. The Morgan fingerprint density at radius 2 is 1.69 bits per heavy atom. The van der Waals surface area contributed by atoms with Crippen molar-refractivity contribution in [1.29, 1.82) is 0 Å². The summed E-state index contributed by atoms with van der Waals surface area (Å²) < 4.78 is 12.3. The first-order valence-electron chi connectivity index (χ1n) is 10.6. The predicted octanol–water partition coefficient (Wildman–Crippen LogP) is -0.239. The zero-order chi connectivity index (χ0) is 24.0. The number of nitrogens with zero attached hydrogens (tertiary/aromatic N) is 3. The monoisotopic (exact) mass is 451 g/mol. The molecule has 0 saturated carbocycles. The molecular weight excluding hydrogens is 418 g/mol. The number of carbonyl (C=O) groups excluding carboxylic acids is 2. The first-order chi connectivity index (χ1) is 15.0. The van der Waals surface area contributed by atoms with E-state index in [0.717, 1.165) is 0 Å². The van der Waals surface area contributed by atoms with Crippen LogP contribution in [0, 0.1) is 17.8 Å². The summed E-state index contributed by atoms with van der Waals surface area (Å²) in [4.78, 5) is 46.9. The van der Waals surface area contributed by atoms with Gasteiger partial charge in [-0.05, 0) is 18.3 Å². The fourth-order valence-electron chi connectivity index (χ4n) is 2.87. The molecule has 0 fully saturated rings. The molecule has 2 unspecified atom stereocenters. The van der Waals surface area contributed by atoms with Crippen molar-refractivity contribution in [2.75, 3.05) is 18.9 Å². The second-order valence-electron chi connectivity index (χ2n) is 8.51. The van der Waals surface area contributed by atoms with Crippen LogP contribution in [0.3, 0.4) is 0 Å². The number of nitrogens with two attached hydrogens (primary N) is 3. The maximum atomic E-state index is 12.2. The summed E-state index contributed by atoms with van der Waals surface area (Å²) >= 11 is 0. The Balaban J connectivity index is 2.12. The van der Waals surface area contributed by atoms with Crippen LogP contribution >= 0.6 is 0 Å². The molecule has 2 aromatic rings. The van der Waals surface area contributed by atoms with Crippen LogP contribution in [0.15, 0.2) is 11.1 Å². The number of hydrogen-bond donors (Lipinski definition) is 4. The summed E-state index contributed by atoms with van der Waals surface area (Å²) in [6.07, 6.45) is 1.83. The van der Waals surface area contributed by atoms with Gasteiger partial charge in [0.25, 0.3) is 5.56 Å². The molecule has 0 aliphatic rings. The van der Waals surface area contributed by atoms with Crippen molar-refractivity contribution in [2.24, 2.45) is 29.2 Å². The van der Waals surface area contributed by atoms with Crippen molar-refractivity contribution in [1.82, 2.24) is 19.5 Å². The minimum Gasteiger partial charge on any atom is -0.465 e. The molecular formula is C20H33N7O5. The van der Waals surface area contributed by atoms with Crippen LogP contribution in [0.2, 0.25) is 0 Å². The van der Waals surface area contributed by atoms with Crippen molar-refractivity contribution >= 4 is 29.1 Å². The Hall–Kier alpha value is -2.99. The Labute approximate surface area is 185 Å². The minimum atomic E-state index is -0.744. The summed E-state index contributed by atoms with van der Waals surface area (Å²) in [6, 6.07) is -1.46. The van der Waals surface area contributed by atoms with E-state index in [1.54, 1.807) is 4.57 Å². The summed E-state index contributed by atoms with van der Waals surface area (Å²) in [5.74, 6) is -1.45. The van der Waals surface area contributed by atoms with Gasteiger partial charge in [0.1, 0.15) is 12.1 Å². The number of rotatable bonds is 11. The van der Waals surface area contributed by atoms with Crippen molar-refractivity contribution in [3.63, 3.8) is 0 Å². The lowest BCUT2D eigenvalue weighted by molar-refractivity contribution is -0.150. The van der Waals surface area contributed by atoms with E-state index in [1.807, 2.05) is 27.7 Å². The van der Waals surface area contributed by atoms with Crippen LogP contribution < -0.4 is 22.8 Å². The number of hydrogen-bond acceptors (Lipinski definition) is 10. The molecule has 0 saturated heterocycles. The fourth-order valence-corrected chi connectivity index (χ4v) is 2.87. The number of esters is 2. The van der Waals surface area contributed by atoms with Crippen molar-refractivity contribution in [3.8, 4) is 0 Å². The number of aromatic nitrogens is 4. The van der Waals surface area contributed by atoms with Gasteiger partial charge in [0.2, 0.25) is 5.95 Å². The molecule has 12 heteroatoms. The van der Waals surface area contributed by atoms with Gasteiger partial charge in [0.15, 0.2) is 11.2 Å². The molecule has 0 bridgehead atoms. The fraction of sp³-hybridized carbons (Fsp3) is 0.650. The lowest BCUT2D eigenvalue weighted by Crippen LogP contribution is -2.38. The smallest absolute Gasteiger partial charge is 0.323 e. The van der Waals surface area contributed by atoms with Gasteiger partial charge in [-0.2, -0.15) is 4.98 Å². The molecule has 32 heavy (non-hydrogen) atoms. The van der Waals surface area contributed by atoms with E-state index in [9.17, 15) is 14.4 Å². The number of H-pyrrole nitrogens is 1. The summed E-state index contributed by atoms with van der Waals surface area (Å²) in [5, 5.41) is 0. The first-order valence-corrected chi connectivity index (χ1v) is 10.6. The van der Waals surface area contributed by atoms with E-state index in [-0.39, 0.29) is 42.4 Å². The molecule has 0 amide bonds. The Morgan fingerprint density at radius 3 is 2.28 bits per heavy atom. The first kappa shape index (κ1) is 25.3. The van der Waals surface area contributed by atoms with Crippen LogP contribution in [0.4, 0.5) is 5.95 Å². The van der Waals surface area contributed by atoms with Gasteiger partial charge in [-0.3, -0.25) is 19.4 Å². The third kappa shape index (κ3) is 6.50. The summed E-state index contributed by atoms with van der Waals surface area (Å²) in [7, 11) is 0. The molecule has 0 aromatic carbocycles. The van der Waals surface area contributed by atoms with Crippen molar-refractivity contribution in [2.45, 2.75) is 52.7 Å². The Kier molecular flexibility index (Phi) is 8.72. The lowest BCUT2D eigenvalue weighted by atomic mass is 10.0. The zero-order valence-corrected chi connectivity index (χ0v) is 18.9. The molecule has 0 radical (unpaired) electrons. The normalized spacial score (nSPS) is 14.5. The van der Waals surface area contributed by atoms with Crippen LogP contribution in [0.5, 0.6) is 0 Å². The molecule has 3 atom stereocenters. The molecule has 2 rings (SSSR count). The van der Waals surface area contributed by atoms with Gasteiger partial charge in [-0.1, -0.05) is 27.7 Å². The molecule has 12 nitrogen and oxygen atoms in total. The topological polar surface area (TPSA) is 194 Å². The number of carbonyl (C=O) groups is 2. The summed E-state index contributed by atoms with van der Waals surface area (Å²) in [6.45, 7) is 7.72. The zero-order valence-electron chi connectivity index (χ0n) is 18.9. The van der Waals surface area contributed by atoms with E-state index < -0.39 is 29.6 Å². The van der Waals surface area contributed by atoms with Gasteiger partial charge in [0, 0.05) is 12.5 Å². The van der Waals surface area contributed by atoms with Gasteiger partial charge in [0.05, 0.1) is 19.5 Å². The maximum Gasteiger partial charge on any atom is 0.323 e. The maximum absolute atomic E-state index is 12.2. The quantitative estimate of drug-likeness (QED) is 0.331. The summed E-state index contributed by atoms with van der Waals surface area (Å²) in [5.41, 5.74) is 17.3. The highest BCUT2D eigenvalue weighted by Gasteiger charge is 2.23. The lowest BCUT2D eigenvalue weighted by Gasteiger charge is -2.21. The van der Waals surface area contributed by atoms with Gasteiger partial charge in [-0.15, -0.1) is 0 Å². The second kappa shape index (κ2) is 11.0. The molecule has 178 valence electrons. The predicted molar refractivity (Wildman–Crippen MR) is 118 cm³/mol. The number of anilines is 1. The molecule has 2 aromatic heterocycles. The van der Waals surface area contributed by atoms with Crippen LogP contribution in [-0.4, -0.2) is 56.8 Å². The largest absolute Gasteiger partial charge is 0.465 e. The highest BCUT2D eigenvalue weighted by Crippen LogP contribution is 2.15. The number of aromatic amines is 1. The van der Waals surface area contributed by atoms with E-state index >= 15 is 0 Å². The molecule has 2 heterocycles. The highest BCUT2D eigenvalue weighted by atomic mass is 16.5. The van der Waals surface area contributed by atoms with E-state index in [4.69, 9.17) is 26.7 Å². The molecule has 0 aliphatic carbocycles. The molecule has 7 N–H and O–H groups in total. The van der Waals surface area contributed by atoms with E-state index in [2.05, 4.69) is 15.0 Å². The van der Waals surface area contributed by atoms with E-state index in [1.165, 1.54) is 6.33 Å².